The van der Waals surface area contributed by atoms with Crippen molar-refractivity contribution in [1.82, 2.24) is 0 Å². The summed E-state index contributed by atoms with van der Waals surface area (Å²) in [5, 5.41) is 12.8. The van der Waals surface area contributed by atoms with Crippen molar-refractivity contribution in [1.29, 1.82) is 0 Å². The van der Waals surface area contributed by atoms with Crippen LogP contribution in [0.1, 0.15) is 21.5 Å². The molecule has 4 nitrogen and oxygen atoms in total. The molecule has 0 aliphatic rings. The van der Waals surface area contributed by atoms with E-state index in [1.54, 1.807) is 18.2 Å². The Balaban J connectivity index is 2.00. The fraction of sp³-hybridized carbons (Fsp3) is 0.188. The number of hydrogen-bond acceptors (Lipinski definition) is 4. The van der Waals surface area contributed by atoms with Gasteiger partial charge in [-0.2, -0.15) is 0 Å². The SMILES string of the molecule is COC(=O)c1ccc(CNc2ccc(C)c(O)c2)cc1. The molecule has 104 valence electrons. The van der Waals surface area contributed by atoms with Crippen LogP contribution in [0.5, 0.6) is 5.75 Å². The number of phenols is 1. The second-order valence-corrected chi connectivity index (χ2v) is 4.54. The van der Waals surface area contributed by atoms with Crippen LogP contribution in [-0.4, -0.2) is 18.2 Å². The van der Waals surface area contributed by atoms with Crippen LogP contribution in [-0.2, 0) is 11.3 Å². The highest BCUT2D eigenvalue weighted by Crippen LogP contribution is 2.21. The maximum absolute atomic E-state index is 11.3. The maximum atomic E-state index is 11.3. The molecule has 4 heteroatoms. The van der Waals surface area contributed by atoms with Gasteiger partial charge in [-0.05, 0) is 36.2 Å². The van der Waals surface area contributed by atoms with Gasteiger partial charge in [0.2, 0.25) is 0 Å². The Bertz CT molecular complexity index is 606. The monoisotopic (exact) mass is 271 g/mol. The Morgan fingerprint density at radius 3 is 2.50 bits per heavy atom. The maximum Gasteiger partial charge on any atom is 0.337 e. The predicted octanol–water partition coefficient (Wildman–Crippen LogP) is 3.10. The van der Waals surface area contributed by atoms with E-state index < -0.39 is 0 Å². The molecule has 2 rings (SSSR count). The van der Waals surface area contributed by atoms with Gasteiger partial charge in [-0.1, -0.05) is 18.2 Å². The summed E-state index contributed by atoms with van der Waals surface area (Å²) >= 11 is 0. The zero-order valence-corrected chi connectivity index (χ0v) is 11.5. The molecule has 0 radical (unpaired) electrons. The lowest BCUT2D eigenvalue weighted by molar-refractivity contribution is 0.0600. The fourth-order valence-corrected chi connectivity index (χ4v) is 1.80. The molecule has 2 N–H and O–H groups in total. The minimum Gasteiger partial charge on any atom is -0.508 e. The van der Waals surface area contributed by atoms with Crippen LogP contribution in [0, 0.1) is 6.92 Å². The van der Waals surface area contributed by atoms with E-state index in [1.807, 2.05) is 31.2 Å². The van der Waals surface area contributed by atoms with E-state index in [1.165, 1.54) is 7.11 Å². The molecular formula is C16H17NO3. The van der Waals surface area contributed by atoms with Gasteiger partial charge in [0.05, 0.1) is 12.7 Å². The quantitative estimate of drug-likeness (QED) is 0.839. The number of carbonyl (C=O) groups excluding carboxylic acids is 1. The Kier molecular flexibility index (Phi) is 4.25. The van der Waals surface area contributed by atoms with Crippen LogP contribution in [0.2, 0.25) is 0 Å². The zero-order chi connectivity index (χ0) is 14.5. The van der Waals surface area contributed by atoms with Gasteiger partial charge < -0.3 is 15.2 Å². The van der Waals surface area contributed by atoms with Crippen molar-refractivity contribution < 1.29 is 14.6 Å². The molecule has 0 amide bonds. The summed E-state index contributed by atoms with van der Waals surface area (Å²) in [7, 11) is 1.36. The Labute approximate surface area is 118 Å². The van der Waals surface area contributed by atoms with Crippen molar-refractivity contribution in [2.45, 2.75) is 13.5 Å². The average Bonchev–Trinajstić information content (AvgIpc) is 2.48. The van der Waals surface area contributed by atoms with Crippen molar-refractivity contribution in [3.05, 3.63) is 59.2 Å². The summed E-state index contributed by atoms with van der Waals surface area (Å²) in [6.45, 7) is 2.47. The molecule has 0 fully saturated rings. The second-order valence-electron chi connectivity index (χ2n) is 4.54. The van der Waals surface area contributed by atoms with E-state index in [0.29, 0.717) is 12.1 Å². The Hall–Kier alpha value is -2.49. The number of anilines is 1. The minimum atomic E-state index is -0.340. The minimum absolute atomic E-state index is 0.274. The number of rotatable bonds is 4. The number of phenolic OH excluding ortho intramolecular Hbond substituents is 1. The third kappa shape index (κ3) is 3.29. The first kappa shape index (κ1) is 13.9. The van der Waals surface area contributed by atoms with Gasteiger partial charge in [-0.3, -0.25) is 0 Å². The molecule has 0 bridgehead atoms. The fourth-order valence-electron chi connectivity index (χ4n) is 1.80. The van der Waals surface area contributed by atoms with Gasteiger partial charge >= 0.3 is 5.97 Å². The molecule has 0 heterocycles. The van der Waals surface area contributed by atoms with Gasteiger partial charge in [0.15, 0.2) is 0 Å². The summed E-state index contributed by atoms with van der Waals surface area (Å²) in [5.41, 5.74) is 3.27. The van der Waals surface area contributed by atoms with Gasteiger partial charge in [0.25, 0.3) is 0 Å². The summed E-state index contributed by atoms with van der Waals surface area (Å²) < 4.78 is 4.65. The van der Waals surface area contributed by atoms with E-state index in [-0.39, 0.29) is 11.7 Å². The number of carbonyl (C=O) groups is 1. The van der Waals surface area contributed by atoms with Crippen molar-refractivity contribution in [2.75, 3.05) is 12.4 Å². The molecular weight excluding hydrogens is 254 g/mol. The molecule has 0 saturated carbocycles. The van der Waals surface area contributed by atoms with E-state index >= 15 is 0 Å². The third-order valence-electron chi connectivity index (χ3n) is 3.08. The first-order valence-corrected chi connectivity index (χ1v) is 6.31. The number of benzene rings is 2. The molecule has 0 atom stereocenters. The lowest BCUT2D eigenvalue weighted by Crippen LogP contribution is -2.03. The third-order valence-corrected chi connectivity index (χ3v) is 3.08. The van der Waals surface area contributed by atoms with E-state index in [2.05, 4.69) is 10.1 Å². The first-order valence-electron chi connectivity index (χ1n) is 6.31. The van der Waals surface area contributed by atoms with Crippen LogP contribution in [0.4, 0.5) is 5.69 Å². The largest absolute Gasteiger partial charge is 0.508 e. The highest BCUT2D eigenvalue weighted by molar-refractivity contribution is 5.89. The lowest BCUT2D eigenvalue weighted by Gasteiger charge is -2.08. The highest BCUT2D eigenvalue weighted by atomic mass is 16.5. The number of aryl methyl sites for hydroxylation is 1. The lowest BCUT2D eigenvalue weighted by atomic mass is 10.1. The van der Waals surface area contributed by atoms with Crippen molar-refractivity contribution in [2.24, 2.45) is 0 Å². The molecule has 0 aliphatic heterocycles. The Morgan fingerprint density at radius 1 is 1.20 bits per heavy atom. The standard InChI is InChI=1S/C16H17NO3/c1-11-3-8-14(9-15(11)18)17-10-12-4-6-13(7-5-12)16(19)20-2/h3-9,17-18H,10H2,1-2H3. The first-order chi connectivity index (χ1) is 9.60. The average molecular weight is 271 g/mol. The predicted molar refractivity (Wildman–Crippen MR) is 78.0 cm³/mol. The number of aromatic hydroxyl groups is 1. The van der Waals surface area contributed by atoms with Crippen LogP contribution in [0.15, 0.2) is 42.5 Å². The molecule has 20 heavy (non-hydrogen) atoms. The van der Waals surface area contributed by atoms with E-state index in [0.717, 1.165) is 16.8 Å². The number of nitrogens with one attached hydrogen (secondary N) is 1. The van der Waals surface area contributed by atoms with Gasteiger partial charge in [0, 0.05) is 18.3 Å². The molecule has 2 aromatic carbocycles. The summed E-state index contributed by atoms with van der Waals surface area (Å²) in [6, 6.07) is 12.7. The Morgan fingerprint density at radius 2 is 1.90 bits per heavy atom. The highest BCUT2D eigenvalue weighted by Gasteiger charge is 2.04. The molecule has 2 aromatic rings. The molecule has 0 aliphatic carbocycles. The topological polar surface area (TPSA) is 58.6 Å². The smallest absolute Gasteiger partial charge is 0.337 e. The number of ether oxygens (including phenoxy) is 1. The van der Waals surface area contributed by atoms with Gasteiger partial charge in [-0.15, -0.1) is 0 Å². The molecule has 0 saturated heterocycles. The summed E-state index contributed by atoms with van der Waals surface area (Å²) in [5.74, 6) is -0.0657. The second kappa shape index (κ2) is 6.10. The summed E-state index contributed by atoms with van der Waals surface area (Å²) in [4.78, 5) is 11.3. The molecule has 0 aromatic heterocycles. The van der Waals surface area contributed by atoms with Crippen LogP contribution in [0.25, 0.3) is 0 Å². The molecule has 0 spiro atoms. The van der Waals surface area contributed by atoms with E-state index in [9.17, 15) is 9.90 Å². The van der Waals surface area contributed by atoms with Gasteiger partial charge in [-0.25, -0.2) is 4.79 Å². The number of esters is 1. The van der Waals surface area contributed by atoms with Crippen molar-refractivity contribution in [3.63, 3.8) is 0 Å². The number of methoxy groups -OCH3 is 1. The van der Waals surface area contributed by atoms with Crippen LogP contribution in [0.3, 0.4) is 0 Å². The van der Waals surface area contributed by atoms with E-state index in [4.69, 9.17) is 0 Å². The van der Waals surface area contributed by atoms with Crippen LogP contribution < -0.4 is 5.32 Å². The molecule has 0 unspecified atom stereocenters. The zero-order valence-electron chi connectivity index (χ0n) is 11.5. The van der Waals surface area contributed by atoms with Gasteiger partial charge in [0.1, 0.15) is 5.75 Å². The van der Waals surface area contributed by atoms with Crippen molar-refractivity contribution >= 4 is 11.7 Å². The summed E-state index contributed by atoms with van der Waals surface area (Å²) in [6.07, 6.45) is 0. The normalized spacial score (nSPS) is 10.1. The van der Waals surface area contributed by atoms with Crippen LogP contribution >= 0.6 is 0 Å². The van der Waals surface area contributed by atoms with Crippen molar-refractivity contribution in [3.8, 4) is 5.75 Å². The number of hydrogen-bond donors (Lipinski definition) is 2.